The molecule has 0 aromatic rings. The fraction of sp³-hybridized carbons (Fsp3) is 0.923. The average molecular weight is 1180 g/mol. The van der Waals surface area contributed by atoms with Gasteiger partial charge in [0, 0.05) is 12.8 Å². The van der Waals surface area contributed by atoms with Gasteiger partial charge in [-0.05, 0) is 77.0 Å². The van der Waals surface area contributed by atoms with Crippen LogP contribution in [0.4, 0.5) is 0 Å². The maximum absolute atomic E-state index is 12.6. The summed E-state index contributed by atoms with van der Waals surface area (Å²) in [5.74, 6) is -0.0181. The maximum Gasteiger partial charge on any atom is 0.305 e. The normalized spacial score (nSPS) is 12.6. The zero-order valence-corrected chi connectivity index (χ0v) is 57.2. The van der Waals surface area contributed by atoms with E-state index in [-0.39, 0.29) is 18.5 Å². The first-order valence-corrected chi connectivity index (χ1v) is 38.6. The second-order valence-corrected chi connectivity index (χ2v) is 26.7. The molecule has 0 bridgehead atoms. The topological polar surface area (TPSA) is 95.9 Å². The van der Waals surface area contributed by atoms with E-state index in [4.69, 9.17) is 4.74 Å². The molecule has 0 aliphatic rings. The lowest BCUT2D eigenvalue weighted by molar-refractivity contribution is -0.143. The molecule has 0 fully saturated rings. The van der Waals surface area contributed by atoms with Crippen LogP contribution >= 0.6 is 0 Å². The van der Waals surface area contributed by atoms with Gasteiger partial charge in [-0.2, -0.15) is 0 Å². The summed E-state index contributed by atoms with van der Waals surface area (Å²) in [5, 5.41) is 23.5. The number of aliphatic hydroxyl groups is 2. The number of hydrogen-bond acceptors (Lipinski definition) is 5. The largest absolute Gasteiger partial charge is 0.466 e. The average Bonchev–Trinajstić information content (AvgIpc) is 3.51. The quantitative estimate of drug-likeness (QED) is 0.0320. The fourth-order valence-corrected chi connectivity index (χ4v) is 12.3. The summed E-state index contributed by atoms with van der Waals surface area (Å²) in [6, 6.07) is -0.541. The predicted octanol–water partition coefficient (Wildman–Crippen LogP) is 25.3. The highest BCUT2D eigenvalue weighted by Crippen LogP contribution is 2.20. The molecule has 84 heavy (non-hydrogen) atoms. The second-order valence-electron chi connectivity index (χ2n) is 26.7. The van der Waals surface area contributed by atoms with Crippen molar-refractivity contribution in [3.63, 3.8) is 0 Å². The van der Waals surface area contributed by atoms with Gasteiger partial charge < -0.3 is 20.3 Å². The lowest BCUT2D eigenvalue weighted by atomic mass is 10.0. The highest BCUT2D eigenvalue weighted by molar-refractivity contribution is 5.76. The van der Waals surface area contributed by atoms with Gasteiger partial charge in [0.15, 0.2) is 0 Å². The van der Waals surface area contributed by atoms with E-state index in [1.54, 1.807) is 0 Å². The van der Waals surface area contributed by atoms with E-state index in [2.05, 4.69) is 43.5 Å². The minimum absolute atomic E-state index is 0.0102. The van der Waals surface area contributed by atoms with Crippen molar-refractivity contribution in [3.05, 3.63) is 24.3 Å². The third-order valence-electron chi connectivity index (χ3n) is 18.2. The van der Waals surface area contributed by atoms with Gasteiger partial charge in [0.05, 0.1) is 25.4 Å². The maximum atomic E-state index is 12.6. The molecule has 0 aliphatic carbocycles. The van der Waals surface area contributed by atoms with E-state index in [9.17, 15) is 19.8 Å². The standard InChI is InChI=1S/C78H151NO5/c1-3-5-7-9-11-13-15-17-19-20-21-22-33-36-39-43-46-50-54-58-62-66-70-76(81)75(74-80)79-77(82)71-67-63-59-55-51-47-44-40-37-34-31-29-27-25-23-24-26-28-30-32-35-38-41-45-49-53-57-61-65-69-73-84-78(83)72-68-64-60-56-52-48-42-18-16-14-12-10-8-6-4-2/h18,24,26,42,75-76,80-81H,3-17,19-23,25,27-41,43-74H2,1-2H3,(H,79,82)/b26-24-,42-18-. The van der Waals surface area contributed by atoms with Gasteiger partial charge in [-0.15, -0.1) is 0 Å². The molecule has 2 unspecified atom stereocenters. The summed E-state index contributed by atoms with van der Waals surface area (Å²) in [6.45, 7) is 4.99. The summed E-state index contributed by atoms with van der Waals surface area (Å²) in [6.07, 6.45) is 94.0. The van der Waals surface area contributed by atoms with Crippen LogP contribution in [0.1, 0.15) is 438 Å². The van der Waals surface area contributed by atoms with Crippen molar-refractivity contribution in [1.29, 1.82) is 0 Å². The van der Waals surface area contributed by atoms with Crippen molar-refractivity contribution in [2.45, 2.75) is 450 Å². The zero-order valence-electron chi connectivity index (χ0n) is 57.2. The molecule has 0 aromatic heterocycles. The highest BCUT2D eigenvalue weighted by atomic mass is 16.5. The molecular weight excluding hydrogens is 1030 g/mol. The number of rotatable bonds is 73. The number of unbranched alkanes of at least 4 members (excludes halogenated alkanes) is 58. The van der Waals surface area contributed by atoms with E-state index >= 15 is 0 Å². The van der Waals surface area contributed by atoms with Crippen LogP contribution in [0.3, 0.4) is 0 Å². The number of nitrogens with one attached hydrogen (secondary N) is 1. The lowest BCUT2D eigenvalue weighted by Crippen LogP contribution is -2.45. The van der Waals surface area contributed by atoms with Crippen LogP contribution in [0.15, 0.2) is 24.3 Å². The van der Waals surface area contributed by atoms with Gasteiger partial charge in [-0.25, -0.2) is 0 Å². The van der Waals surface area contributed by atoms with Crippen molar-refractivity contribution >= 4 is 11.9 Å². The number of aliphatic hydroxyl groups excluding tert-OH is 2. The number of carbonyl (C=O) groups is 2. The fourth-order valence-electron chi connectivity index (χ4n) is 12.3. The molecule has 0 radical (unpaired) electrons. The molecule has 0 spiro atoms. The Morgan fingerprint density at radius 2 is 0.560 bits per heavy atom. The second kappa shape index (κ2) is 73.8. The molecule has 0 aliphatic heterocycles. The van der Waals surface area contributed by atoms with Crippen LogP contribution in [0.5, 0.6) is 0 Å². The van der Waals surface area contributed by atoms with Crippen LogP contribution < -0.4 is 5.32 Å². The Kier molecular flexibility index (Phi) is 72.3. The number of carbonyl (C=O) groups excluding carboxylic acids is 2. The monoisotopic (exact) mass is 1180 g/mol. The first kappa shape index (κ1) is 82.3. The molecule has 3 N–H and O–H groups in total. The number of ether oxygens (including phenoxy) is 1. The molecule has 2 atom stereocenters. The van der Waals surface area contributed by atoms with Gasteiger partial charge in [0.1, 0.15) is 0 Å². The highest BCUT2D eigenvalue weighted by Gasteiger charge is 2.20. The van der Waals surface area contributed by atoms with E-state index in [1.165, 1.54) is 360 Å². The summed E-state index contributed by atoms with van der Waals surface area (Å²) in [5.41, 5.74) is 0. The van der Waals surface area contributed by atoms with Crippen molar-refractivity contribution in [1.82, 2.24) is 5.32 Å². The number of allylic oxidation sites excluding steroid dienone is 4. The Balaban J connectivity index is 3.37. The number of amides is 1. The molecule has 6 nitrogen and oxygen atoms in total. The predicted molar refractivity (Wildman–Crippen MR) is 370 cm³/mol. The lowest BCUT2D eigenvalue weighted by Gasteiger charge is -2.22. The summed E-state index contributed by atoms with van der Waals surface area (Å²) < 4.78 is 5.49. The minimum Gasteiger partial charge on any atom is -0.466 e. The first-order valence-electron chi connectivity index (χ1n) is 38.6. The number of esters is 1. The molecule has 498 valence electrons. The van der Waals surface area contributed by atoms with E-state index in [0.29, 0.717) is 25.9 Å². The van der Waals surface area contributed by atoms with Crippen LogP contribution in [0.2, 0.25) is 0 Å². The molecule has 0 rings (SSSR count). The molecule has 0 saturated heterocycles. The van der Waals surface area contributed by atoms with E-state index in [0.717, 1.165) is 44.9 Å². The molecular formula is C78H151NO5. The van der Waals surface area contributed by atoms with Crippen molar-refractivity contribution in [2.75, 3.05) is 13.2 Å². The van der Waals surface area contributed by atoms with Crippen LogP contribution in [0.25, 0.3) is 0 Å². The summed E-state index contributed by atoms with van der Waals surface area (Å²) in [7, 11) is 0. The van der Waals surface area contributed by atoms with Crippen molar-refractivity contribution in [3.8, 4) is 0 Å². The SMILES string of the molecule is CCCCCCCC/C=C\CCCCCCCC(=O)OCCCCCCCCCCCCCC/C=C\CCCCCCCCCCCCCCCCC(=O)NC(CO)C(O)CCCCCCCCCCCCCCCCCCCCCCCC. The van der Waals surface area contributed by atoms with Gasteiger partial charge in [0.25, 0.3) is 0 Å². The van der Waals surface area contributed by atoms with Crippen LogP contribution in [-0.2, 0) is 14.3 Å². The summed E-state index contributed by atoms with van der Waals surface area (Å²) in [4.78, 5) is 24.6. The molecule has 1 amide bonds. The van der Waals surface area contributed by atoms with Crippen LogP contribution in [0, 0.1) is 0 Å². The van der Waals surface area contributed by atoms with Crippen molar-refractivity contribution < 1.29 is 24.5 Å². The number of hydrogen-bond donors (Lipinski definition) is 3. The zero-order chi connectivity index (χ0) is 60.6. The summed E-state index contributed by atoms with van der Waals surface area (Å²) >= 11 is 0. The van der Waals surface area contributed by atoms with Crippen LogP contribution in [-0.4, -0.2) is 47.4 Å². The minimum atomic E-state index is -0.664. The first-order chi connectivity index (χ1) is 41.5. The Bertz CT molecular complexity index is 1320. The Morgan fingerprint density at radius 3 is 0.845 bits per heavy atom. The van der Waals surface area contributed by atoms with Crippen molar-refractivity contribution in [2.24, 2.45) is 0 Å². The Labute approximate surface area is 526 Å². The molecule has 0 aromatic carbocycles. The Hall–Kier alpha value is -1.66. The van der Waals surface area contributed by atoms with E-state index in [1.807, 2.05) is 0 Å². The van der Waals surface area contributed by atoms with Gasteiger partial charge in [-0.1, -0.05) is 372 Å². The third kappa shape index (κ3) is 69.4. The van der Waals surface area contributed by atoms with Gasteiger partial charge in [0.2, 0.25) is 5.91 Å². The third-order valence-corrected chi connectivity index (χ3v) is 18.2. The van der Waals surface area contributed by atoms with Gasteiger partial charge in [-0.3, -0.25) is 9.59 Å². The molecule has 0 saturated carbocycles. The van der Waals surface area contributed by atoms with E-state index < -0.39 is 12.1 Å². The Morgan fingerprint density at radius 1 is 0.321 bits per heavy atom. The smallest absolute Gasteiger partial charge is 0.305 e. The van der Waals surface area contributed by atoms with Gasteiger partial charge >= 0.3 is 5.97 Å². The molecule has 6 heteroatoms. The molecule has 0 heterocycles.